The molecule has 0 saturated carbocycles. The first-order valence-electron chi connectivity index (χ1n) is 4.29. The maximum atomic E-state index is 5.31. The molecule has 2 nitrogen and oxygen atoms in total. The zero-order valence-corrected chi connectivity index (χ0v) is 8.57. The highest BCUT2D eigenvalue weighted by Crippen LogP contribution is 2.33. The summed E-state index contributed by atoms with van der Waals surface area (Å²) in [4.78, 5) is 0. The van der Waals surface area contributed by atoms with E-state index in [9.17, 15) is 0 Å². The van der Waals surface area contributed by atoms with Crippen LogP contribution in [0.1, 0.15) is 12.8 Å². The number of ether oxygens (including phenoxy) is 1. The van der Waals surface area contributed by atoms with Crippen molar-refractivity contribution in [2.45, 2.75) is 18.1 Å². The van der Waals surface area contributed by atoms with Crippen molar-refractivity contribution >= 4 is 23.9 Å². The molecule has 0 radical (unpaired) electrons. The molecule has 0 aromatic rings. The van der Waals surface area contributed by atoms with Gasteiger partial charge < -0.3 is 4.74 Å². The van der Waals surface area contributed by atoms with Gasteiger partial charge in [-0.25, -0.2) is 0 Å². The molecule has 0 amide bonds. The third kappa shape index (κ3) is 2.42. The van der Waals surface area contributed by atoms with Crippen molar-refractivity contribution in [3.8, 4) is 0 Å². The maximum absolute atomic E-state index is 5.31. The first kappa shape index (κ1) is 8.94. The van der Waals surface area contributed by atoms with Crippen LogP contribution < -0.4 is 0 Å². The molecular formula is C8H13NOS2. The molecule has 0 N–H and O–H groups in total. The average molecular weight is 203 g/mol. The van der Waals surface area contributed by atoms with Crippen molar-refractivity contribution in [2.75, 3.05) is 19.8 Å². The zero-order valence-electron chi connectivity index (χ0n) is 6.94. The molecule has 2 rings (SSSR count). The van der Waals surface area contributed by atoms with Crippen molar-refractivity contribution in [1.82, 2.24) is 3.71 Å². The Labute approximate surface area is 82.0 Å². The van der Waals surface area contributed by atoms with Crippen LogP contribution in [0.4, 0.5) is 0 Å². The molecular weight excluding hydrogens is 190 g/mol. The summed E-state index contributed by atoms with van der Waals surface area (Å²) in [6.45, 7) is 2.99. The Morgan fingerprint density at radius 2 is 2.25 bits per heavy atom. The molecule has 1 fully saturated rings. The molecule has 4 heteroatoms. The fourth-order valence-electron chi connectivity index (χ4n) is 1.30. The third-order valence-electron chi connectivity index (χ3n) is 1.96. The summed E-state index contributed by atoms with van der Waals surface area (Å²) in [5.41, 5.74) is 0. The van der Waals surface area contributed by atoms with Gasteiger partial charge in [0.2, 0.25) is 0 Å². The number of hydrogen-bond donors (Lipinski definition) is 0. The lowest BCUT2D eigenvalue weighted by atomic mass is 10.2. The second-order valence-electron chi connectivity index (χ2n) is 2.91. The van der Waals surface area contributed by atoms with Crippen molar-refractivity contribution < 1.29 is 4.74 Å². The molecule has 2 aliphatic rings. The van der Waals surface area contributed by atoms with Crippen LogP contribution in [0.2, 0.25) is 0 Å². The maximum Gasteiger partial charge on any atom is 0.0477 e. The van der Waals surface area contributed by atoms with E-state index in [-0.39, 0.29) is 0 Å². The van der Waals surface area contributed by atoms with E-state index in [2.05, 4.69) is 15.2 Å². The van der Waals surface area contributed by atoms with E-state index in [4.69, 9.17) is 4.74 Å². The summed E-state index contributed by atoms with van der Waals surface area (Å²) in [6, 6.07) is 0. The van der Waals surface area contributed by atoms with Gasteiger partial charge in [-0.3, -0.25) is 0 Å². The van der Waals surface area contributed by atoms with Crippen LogP contribution in [0.25, 0.3) is 0 Å². The second kappa shape index (κ2) is 4.56. The Kier molecular flexibility index (Phi) is 3.39. The molecule has 0 aromatic heterocycles. The normalized spacial score (nSPS) is 26.7. The van der Waals surface area contributed by atoms with Gasteiger partial charge >= 0.3 is 0 Å². The van der Waals surface area contributed by atoms with Crippen LogP contribution in [0, 0.1) is 0 Å². The third-order valence-corrected chi connectivity index (χ3v) is 4.33. The van der Waals surface area contributed by atoms with Crippen LogP contribution in [-0.2, 0) is 4.74 Å². The molecule has 2 aliphatic heterocycles. The fraction of sp³-hybridized carbons (Fsp3) is 0.750. The minimum Gasteiger partial charge on any atom is -0.381 e. The second-order valence-corrected chi connectivity index (χ2v) is 5.38. The van der Waals surface area contributed by atoms with Gasteiger partial charge in [-0.1, -0.05) is 18.0 Å². The van der Waals surface area contributed by atoms with E-state index in [0.29, 0.717) is 0 Å². The molecule has 0 unspecified atom stereocenters. The van der Waals surface area contributed by atoms with Gasteiger partial charge in [0.25, 0.3) is 0 Å². The molecule has 68 valence electrons. The van der Waals surface area contributed by atoms with Gasteiger partial charge in [0.15, 0.2) is 0 Å². The average Bonchev–Trinajstić information content (AvgIpc) is 2.59. The molecule has 12 heavy (non-hydrogen) atoms. The van der Waals surface area contributed by atoms with Crippen molar-refractivity contribution in [2.24, 2.45) is 0 Å². The van der Waals surface area contributed by atoms with E-state index < -0.39 is 0 Å². The van der Waals surface area contributed by atoms with Crippen LogP contribution in [-0.4, -0.2) is 28.7 Å². The number of nitrogens with zero attached hydrogens (tertiary/aromatic N) is 1. The van der Waals surface area contributed by atoms with E-state index in [1.807, 2.05) is 23.9 Å². The summed E-state index contributed by atoms with van der Waals surface area (Å²) < 4.78 is 7.65. The van der Waals surface area contributed by atoms with Crippen LogP contribution in [0.5, 0.6) is 0 Å². The summed E-state index contributed by atoms with van der Waals surface area (Å²) in [5, 5.41) is 2.94. The van der Waals surface area contributed by atoms with Gasteiger partial charge in [0.05, 0.1) is 0 Å². The Hall–Kier alpha value is 0.360. The van der Waals surface area contributed by atoms with E-state index in [0.717, 1.165) is 25.0 Å². The monoisotopic (exact) mass is 203 g/mol. The number of rotatable bonds is 2. The largest absolute Gasteiger partial charge is 0.381 e. The molecule has 2 heterocycles. The summed E-state index contributed by atoms with van der Waals surface area (Å²) >= 11 is 3.79. The molecule has 0 aliphatic carbocycles. The molecule has 0 bridgehead atoms. The van der Waals surface area contributed by atoms with Gasteiger partial charge in [-0.05, 0) is 30.2 Å². The fourth-order valence-corrected chi connectivity index (χ4v) is 3.40. The highest BCUT2D eigenvalue weighted by molar-refractivity contribution is 8.13. The van der Waals surface area contributed by atoms with E-state index in [1.54, 1.807) is 0 Å². The Balaban J connectivity index is 1.70. The first-order chi connectivity index (χ1) is 5.95. The minimum absolute atomic E-state index is 0.783. The minimum atomic E-state index is 0.783. The predicted octanol–water partition coefficient (Wildman–Crippen LogP) is 2.29. The molecule has 0 atom stereocenters. The Morgan fingerprint density at radius 3 is 2.92 bits per heavy atom. The lowest BCUT2D eigenvalue weighted by Gasteiger charge is -2.24. The smallest absolute Gasteiger partial charge is 0.0477 e. The Bertz CT molecular complexity index is 160. The first-order valence-corrected chi connectivity index (χ1v) is 5.96. The highest BCUT2D eigenvalue weighted by Gasteiger charge is 2.19. The van der Waals surface area contributed by atoms with Gasteiger partial charge in [-0.15, -0.1) is 0 Å². The van der Waals surface area contributed by atoms with Gasteiger partial charge in [0.1, 0.15) is 0 Å². The highest BCUT2D eigenvalue weighted by atomic mass is 32.2. The molecule has 1 saturated heterocycles. The van der Waals surface area contributed by atoms with Crippen molar-refractivity contribution in [3.63, 3.8) is 0 Å². The van der Waals surface area contributed by atoms with Gasteiger partial charge in [-0.2, -0.15) is 3.71 Å². The van der Waals surface area contributed by atoms with E-state index >= 15 is 0 Å². The summed E-state index contributed by atoms with van der Waals surface area (Å²) in [6.07, 6.45) is 4.63. The predicted molar refractivity (Wildman–Crippen MR) is 54.9 cm³/mol. The lowest BCUT2D eigenvalue weighted by Crippen LogP contribution is -2.20. The SMILES string of the molecule is C1=CSN(SC2CCOCC2)C1. The summed E-state index contributed by atoms with van der Waals surface area (Å²) in [7, 11) is 0. The lowest BCUT2D eigenvalue weighted by molar-refractivity contribution is 0.0997. The van der Waals surface area contributed by atoms with Crippen molar-refractivity contribution in [3.05, 3.63) is 11.5 Å². The Morgan fingerprint density at radius 1 is 1.42 bits per heavy atom. The quantitative estimate of drug-likeness (QED) is 0.638. The van der Waals surface area contributed by atoms with Crippen LogP contribution >= 0.6 is 23.9 Å². The molecule has 0 aromatic carbocycles. The number of hydrogen-bond acceptors (Lipinski definition) is 4. The molecule has 0 spiro atoms. The van der Waals surface area contributed by atoms with Crippen LogP contribution in [0.15, 0.2) is 11.5 Å². The summed E-state index contributed by atoms with van der Waals surface area (Å²) in [5.74, 6) is 0. The van der Waals surface area contributed by atoms with E-state index in [1.165, 1.54) is 12.8 Å². The standard InChI is InChI=1S/C8H13NOS2/c1-4-9(11-7-1)12-8-2-5-10-6-3-8/h1,7-8H,2-6H2. The zero-order chi connectivity index (χ0) is 8.23. The van der Waals surface area contributed by atoms with Crippen molar-refractivity contribution in [1.29, 1.82) is 0 Å². The van der Waals surface area contributed by atoms with Gasteiger partial charge in [0, 0.05) is 25.0 Å². The topological polar surface area (TPSA) is 12.5 Å². The van der Waals surface area contributed by atoms with Crippen LogP contribution in [0.3, 0.4) is 0 Å².